The number of fused-ring (bicyclic) bond motifs is 1. The molecule has 2 amide bonds. The van der Waals surface area contributed by atoms with Crippen LogP contribution in [0.4, 0.5) is 0 Å². The summed E-state index contributed by atoms with van der Waals surface area (Å²) in [5.41, 5.74) is 1.47. The Morgan fingerprint density at radius 3 is 2.43 bits per heavy atom. The highest BCUT2D eigenvalue weighted by molar-refractivity contribution is 6.35. The van der Waals surface area contributed by atoms with Crippen LogP contribution in [0, 0.1) is 0 Å². The van der Waals surface area contributed by atoms with Crippen molar-refractivity contribution in [2.45, 2.75) is 12.6 Å². The molecule has 0 aliphatic carbocycles. The zero-order valence-corrected chi connectivity index (χ0v) is 15.5. The number of carbonyl (C=O) groups is 2. The van der Waals surface area contributed by atoms with E-state index in [1.807, 2.05) is 48.5 Å². The number of hydrogen-bond acceptors (Lipinski definition) is 4. The topological polar surface area (TPSA) is 87.7 Å². The molecule has 0 aliphatic heterocycles. The third-order valence-corrected chi connectivity index (χ3v) is 4.48. The summed E-state index contributed by atoms with van der Waals surface area (Å²) in [6, 6.07) is 20.5. The number of aliphatic hydroxyl groups excluding tert-OH is 1. The van der Waals surface area contributed by atoms with Crippen molar-refractivity contribution in [3.8, 4) is 5.75 Å². The molecule has 144 valence electrons. The standard InChI is InChI=1S/C22H22N2O4/c1-28-20-12-5-3-8-16(20)13-23-21(26)22(27)24-14-19(25)18-11-6-9-15-7-2-4-10-17(15)18/h2-12,19,25H,13-14H2,1H3,(H,23,26)(H,24,27). The molecule has 0 heterocycles. The highest BCUT2D eigenvalue weighted by Crippen LogP contribution is 2.23. The van der Waals surface area contributed by atoms with Gasteiger partial charge < -0.3 is 20.5 Å². The molecular formula is C22H22N2O4. The predicted octanol–water partition coefficient (Wildman–Crippen LogP) is 2.31. The summed E-state index contributed by atoms with van der Waals surface area (Å²) < 4.78 is 5.22. The van der Waals surface area contributed by atoms with Gasteiger partial charge in [-0.1, -0.05) is 60.7 Å². The van der Waals surface area contributed by atoms with Gasteiger partial charge in [-0.15, -0.1) is 0 Å². The number of hydrogen-bond donors (Lipinski definition) is 3. The zero-order chi connectivity index (χ0) is 19.9. The van der Waals surface area contributed by atoms with E-state index in [4.69, 9.17) is 4.74 Å². The van der Waals surface area contributed by atoms with Gasteiger partial charge in [0.05, 0.1) is 13.2 Å². The van der Waals surface area contributed by atoms with Crippen molar-refractivity contribution in [3.63, 3.8) is 0 Å². The Balaban J connectivity index is 1.56. The third-order valence-electron chi connectivity index (χ3n) is 4.48. The monoisotopic (exact) mass is 378 g/mol. The number of carbonyl (C=O) groups excluding carboxylic acids is 2. The van der Waals surface area contributed by atoms with E-state index >= 15 is 0 Å². The molecule has 0 fully saturated rings. The summed E-state index contributed by atoms with van der Waals surface area (Å²) in [6.07, 6.45) is -0.919. The van der Waals surface area contributed by atoms with Gasteiger partial charge in [-0.05, 0) is 22.4 Å². The predicted molar refractivity (Wildman–Crippen MR) is 107 cm³/mol. The Labute approximate surface area is 163 Å². The highest BCUT2D eigenvalue weighted by atomic mass is 16.5. The highest BCUT2D eigenvalue weighted by Gasteiger charge is 2.17. The van der Waals surface area contributed by atoms with E-state index in [0.29, 0.717) is 11.3 Å². The minimum atomic E-state index is -0.919. The second-order valence-corrected chi connectivity index (χ2v) is 6.29. The van der Waals surface area contributed by atoms with Crippen LogP contribution in [0.2, 0.25) is 0 Å². The van der Waals surface area contributed by atoms with Crippen LogP contribution in [0.5, 0.6) is 5.75 Å². The second-order valence-electron chi connectivity index (χ2n) is 6.29. The first kappa shape index (κ1) is 19.4. The fourth-order valence-electron chi connectivity index (χ4n) is 3.03. The van der Waals surface area contributed by atoms with Gasteiger partial charge in [0, 0.05) is 18.7 Å². The van der Waals surface area contributed by atoms with E-state index in [1.54, 1.807) is 25.3 Å². The first-order valence-corrected chi connectivity index (χ1v) is 8.94. The number of amides is 2. The fourth-order valence-corrected chi connectivity index (χ4v) is 3.03. The van der Waals surface area contributed by atoms with Crippen LogP contribution in [0.25, 0.3) is 10.8 Å². The summed E-state index contributed by atoms with van der Waals surface area (Å²) in [4.78, 5) is 24.1. The van der Waals surface area contributed by atoms with Gasteiger partial charge in [0.1, 0.15) is 5.75 Å². The lowest BCUT2D eigenvalue weighted by Crippen LogP contribution is -2.41. The zero-order valence-electron chi connectivity index (χ0n) is 15.5. The molecule has 0 saturated carbocycles. The molecule has 0 aliphatic rings. The minimum Gasteiger partial charge on any atom is -0.496 e. The molecule has 3 aromatic carbocycles. The molecule has 1 unspecified atom stereocenters. The van der Waals surface area contributed by atoms with Crippen molar-refractivity contribution in [1.29, 1.82) is 0 Å². The van der Waals surface area contributed by atoms with Crippen LogP contribution in [0.15, 0.2) is 66.7 Å². The lowest BCUT2D eigenvalue weighted by atomic mass is 10.0. The van der Waals surface area contributed by atoms with E-state index in [1.165, 1.54) is 0 Å². The summed E-state index contributed by atoms with van der Waals surface area (Å²) >= 11 is 0. The van der Waals surface area contributed by atoms with Crippen molar-refractivity contribution in [1.82, 2.24) is 10.6 Å². The van der Waals surface area contributed by atoms with Crippen LogP contribution in [-0.2, 0) is 16.1 Å². The van der Waals surface area contributed by atoms with Crippen molar-refractivity contribution < 1.29 is 19.4 Å². The largest absolute Gasteiger partial charge is 0.496 e. The van der Waals surface area contributed by atoms with Gasteiger partial charge in [0.15, 0.2) is 0 Å². The van der Waals surface area contributed by atoms with Gasteiger partial charge in [-0.3, -0.25) is 9.59 Å². The van der Waals surface area contributed by atoms with Crippen molar-refractivity contribution in [2.24, 2.45) is 0 Å². The van der Waals surface area contributed by atoms with Crippen LogP contribution < -0.4 is 15.4 Å². The maximum absolute atomic E-state index is 12.1. The lowest BCUT2D eigenvalue weighted by molar-refractivity contribution is -0.139. The van der Waals surface area contributed by atoms with Crippen LogP contribution in [-0.4, -0.2) is 30.6 Å². The lowest BCUT2D eigenvalue weighted by Gasteiger charge is -2.15. The summed E-state index contributed by atoms with van der Waals surface area (Å²) in [7, 11) is 1.54. The molecule has 3 aromatic rings. The van der Waals surface area contributed by atoms with Crippen LogP contribution in [0.1, 0.15) is 17.2 Å². The van der Waals surface area contributed by atoms with Crippen molar-refractivity contribution in [3.05, 3.63) is 77.9 Å². The average molecular weight is 378 g/mol. The Bertz CT molecular complexity index is 982. The maximum atomic E-state index is 12.1. The molecule has 28 heavy (non-hydrogen) atoms. The van der Waals surface area contributed by atoms with E-state index in [2.05, 4.69) is 10.6 Å². The quantitative estimate of drug-likeness (QED) is 0.575. The van der Waals surface area contributed by atoms with E-state index in [-0.39, 0.29) is 13.1 Å². The number of para-hydroxylation sites is 1. The first-order valence-electron chi connectivity index (χ1n) is 8.94. The minimum absolute atomic E-state index is 0.0606. The molecule has 0 bridgehead atoms. The Morgan fingerprint density at radius 2 is 1.61 bits per heavy atom. The summed E-state index contributed by atoms with van der Waals surface area (Å²) in [5, 5.41) is 17.4. The number of ether oxygens (including phenoxy) is 1. The number of rotatable bonds is 6. The van der Waals surface area contributed by atoms with E-state index < -0.39 is 17.9 Å². The SMILES string of the molecule is COc1ccccc1CNC(=O)C(=O)NCC(O)c1cccc2ccccc12. The van der Waals surface area contributed by atoms with Gasteiger partial charge in [0.2, 0.25) is 0 Å². The molecule has 0 saturated heterocycles. The molecular weight excluding hydrogens is 356 g/mol. The third kappa shape index (κ3) is 4.47. The normalized spacial score (nSPS) is 11.6. The Morgan fingerprint density at radius 1 is 0.929 bits per heavy atom. The van der Waals surface area contributed by atoms with Gasteiger partial charge in [-0.2, -0.15) is 0 Å². The molecule has 3 rings (SSSR count). The van der Waals surface area contributed by atoms with E-state index in [9.17, 15) is 14.7 Å². The maximum Gasteiger partial charge on any atom is 0.309 e. The van der Waals surface area contributed by atoms with Gasteiger partial charge in [-0.25, -0.2) is 0 Å². The molecule has 1 atom stereocenters. The summed E-state index contributed by atoms with van der Waals surface area (Å²) in [6.45, 7) is 0.108. The summed E-state index contributed by atoms with van der Waals surface area (Å²) in [5.74, 6) is -0.931. The van der Waals surface area contributed by atoms with Gasteiger partial charge >= 0.3 is 11.8 Å². The second kappa shape index (κ2) is 9.01. The smallest absolute Gasteiger partial charge is 0.309 e. The fraction of sp³-hybridized carbons (Fsp3) is 0.182. The average Bonchev–Trinajstić information content (AvgIpc) is 2.75. The van der Waals surface area contributed by atoms with E-state index in [0.717, 1.165) is 16.3 Å². The molecule has 6 heteroatoms. The number of benzene rings is 3. The Kier molecular flexibility index (Phi) is 6.24. The number of methoxy groups -OCH3 is 1. The molecule has 0 spiro atoms. The first-order chi connectivity index (χ1) is 13.6. The molecule has 6 nitrogen and oxygen atoms in total. The number of nitrogens with one attached hydrogen (secondary N) is 2. The number of aliphatic hydroxyl groups is 1. The molecule has 3 N–H and O–H groups in total. The van der Waals surface area contributed by atoms with Crippen LogP contribution >= 0.6 is 0 Å². The van der Waals surface area contributed by atoms with Crippen molar-refractivity contribution >= 4 is 22.6 Å². The molecule has 0 radical (unpaired) electrons. The Hall–Kier alpha value is -3.38. The van der Waals surface area contributed by atoms with Crippen LogP contribution in [0.3, 0.4) is 0 Å². The van der Waals surface area contributed by atoms with Gasteiger partial charge in [0.25, 0.3) is 0 Å². The molecule has 0 aromatic heterocycles. The van der Waals surface area contributed by atoms with Crippen molar-refractivity contribution in [2.75, 3.05) is 13.7 Å².